The van der Waals surface area contributed by atoms with E-state index in [1.54, 1.807) is 6.07 Å². The third-order valence-corrected chi connectivity index (χ3v) is 2.31. The van der Waals surface area contributed by atoms with Crippen molar-refractivity contribution in [3.63, 3.8) is 0 Å². The molecule has 6 heteroatoms. The summed E-state index contributed by atoms with van der Waals surface area (Å²) in [6.07, 6.45) is 0. The molecule has 0 unspecified atom stereocenters. The normalized spacial score (nSPS) is 11.3. The lowest BCUT2D eigenvalue weighted by molar-refractivity contribution is 0.380. The molecule has 2 aromatic rings. The van der Waals surface area contributed by atoms with Crippen molar-refractivity contribution in [2.75, 3.05) is 7.11 Å². The van der Waals surface area contributed by atoms with Crippen LogP contribution in [0.25, 0.3) is 5.78 Å². The largest absolute Gasteiger partial charge is 0.466 e. The number of aromatic nitrogens is 4. The molecule has 0 saturated heterocycles. The molecule has 0 atom stereocenters. The van der Waals surface area contributed by atoms with Gasteiger partial charge in [-0.05, 0) is 12.0 Å². The molecule has 0 aliphatic rings. The molecule has 0 aliphatic carbocycles. The smallest absolute Gasteiger partial charge is 0.337 e. The zero-order valence-corrected chi connectivity index (χ0v) is 9.49. The summed E-state index contributed by atoms with van der Waals surface area (Å²) in [4.78, 5) is 8.40. The average Bonchev–Trinajstić information content (AvgIpc) is 2.61. The molecule has 2 aromatic heterocycles. The van der Waals surface area contributed by atoms with Gasteiger partial charge < -0.3 is 4.74 Å². The van der Waals surface area contributed by atoms with Gasteiger partial charge >= 0.3 is 6.01 Å². The molecule has 0 N–H and O–H groups in total. The molecule has 80 valence electrons. The highest BCUT2D eigenvalue weighted by atomic mass is 35.5. The molecule has 0 aromatic carbocycles. The Labute approximate surface area is 92.1 Å². The maximum Gasteiger partial charge on any atom is 0.337 e. The summed E-state index contributed by atoms with van der Waals surface area (Å²) in [6.45, 7) is 4.09. The van der Waals surface area contributed by atoms with Crippen molar-refractivity contribution in [2.24, 2.45) is 0 Å². The molecule has 15 heavy (non-hydrogen) atoms. The second kappa shape index (κ2) is 3.66. The minimum Gasteiger partial charge on any atom is -0.466 e. The van der Waals surface area contributed by atoms with Crippen LogP contribution in [0.2, 0.25) is 5.15 Å². The second-order valence-electron chi connectivity index (χ2n) is 3.47. The number of halogens is 1. The third-order valence-electron chi connectivity index (χ3n) is 2.04. The standard InChI is InChI=1S/C9H11ClN4O/c1-5(2)6-4-7(10)14-8(11-6)12-9(13-14)15-3/h4-5H,1-3H3. The number of fused-ring (bicyclic) bond motifs is 1. The van der Waals surface area contributed by atoms with Crippen molar-refractivity contribution in [2.45, 2.75) is 19.8 Å². The first-order valence-electron chi connectivity index (χ1n) is 4.59. The number of ether oxygens (including phenoxy) is 1. The summed E-state index contributed by atoms with van der Waals surface area (Å²) >= 11 is 6.04. The van der Waals surface area contributed by atoms with Crippen molar-refractivity contribution in [3.8, 4) is 6.01 Å². The zero-order chi connectivity index (χ0) is 11.0. The van der Waals surface area contributed by atoms with Crippen LogP contribution >= 0.6 is 11.6 Å². The molecule has 0 fully saturated rings. The van der Waals surface area contributed by atoms with Gasteiger partial charge in [0, 0.05) is 0 Å². The SMILES string of the molecule is COc1nc2nc(C(C)C)cc(Cl)n2n1. The zero-order valence-electron chi connectivity index (χ0n) is 8.73. The predicted octanol–water partition coefficient (Wildman–Crippen LogP) is 1.91. The van der Waals surface area contributed by atoms with E-state index in [4.69, 9.17) is 16.3 Å². The van der Waals surface area contributed by atoms with Gasteiger partial charge in [0.05, 0.1) is 12.8 Å². The lowest BCUT2D eigenvalue weighted by Gasteiger charge is -2.04. The summed E-state index contributed by atoms with van der Waals surface area (Å²) in [5, 5.41) is 4.51. The van der Waals surface area contributed by atoms with Gasteiger partial charge in [0.25, 0.3) is 5.78 Å². The lowest BCUT2D eigenvalue weighted by Crippen LogP contribution is -1.99. The van der Waals surface area contributed by atoms with E-state index in [1.807, 2.05) is 13.8 Å². The Balaban J connectivity index is 2.65. The number of nitrogens with zero attached hydrogens (tertiary/aromatic N) is 4. The van der Waals surface area contributed by atoms with E-state index in [2.05, 4.69) is 15.1 Å². The average molecular weight is 227 g/mol. The molecule has 0 spiro atoms. The van der Waals surface area contributed by atoms with Crippen LogP contribution in [0, 0.1) is 0 Å². The van der Waals surface area contributed by atoms with Crippen LogP contribution in [0.4, 0.5) is 0 Å². The predicted molar refractivity (Wildman–Crippen MR) is 56.4 cm³/mol. The van der Waals surface area contributed by atoms with Crippen LogP contribution in [0.5, 0.6) is 6.01 Å². The maximum absolute atomic E-state index is 6.04. The van der Waals surface area contributed by atoms with E-state index in [0.717, 1.165) is 5.69 Å². The fraction of sp³-hybridized carbons (Fsp3) is 0.444. The fourth-order valence-electron chi connectivity index (χ4n) is 1.21. The Morgan fingerprint density at radius 3 is 2.73 bits per heavy atom. The van der Waals surface area contributed by atoms with Crippen molar-refractivity contribution in [3.05, 3.63) is 16.9 Å². The van der Waals surface area contributed by atoms with Gasteiger partial charge in [-0.2, -0.15) is 9.50 Å². The molecule has 2 rings (SSSR count). The van der Waals surface area contributed by atoms with Gasteiger partial charge in [0.1, 0.15) is 5.15 Å². The van der Waals surface area contributed by atoms with Crippen LogP contribution in [-0.2, 0) is 0 Å². The molecule has 5 nitrogen and oxygen atoms in total. The molecule has 0 amide bonds. The van der Waals surface area contributed by atoms with Gasteiger partial charge in [-0.25, -0.2) is 4.98 Å². The van der Waals surface area contributed by atoms with E-state index in [-0.39, 0.29) is 6.01 Å². The van der Waals surface area contributed by atoms with E-state index in [9.17, 15) is 0 Å². The Hall–Kier alpha value is -1.36. The summed E-state index contributed by atoms with van der Waals surface area (Å²) < 4.78 is 6.36. The maximum atomic E-state index is 6.04. The summed E-state index contributed by atoms with van der Waals surface area (Å²) in [6, 6.07) is 2.05. The lowest BCUT2D eigenvalue weighted by atomic mass is 10.1. The number of methoxy groups -OCH3 is 1. The monoisotopic (exact) mass is 226 g/mol. The van der Waals surface area contributed by atoms with Crippen molar-refractivity contribution in [1.29, 1.82) is 0 Å². The van der Waals surface area contributed by atoms with Crippen molar-refractivity contribution >= 4 is 17.4 Å². The van der Waals surface area contributed by atoms with Gasteiger partial charge in [0.15, 0.2) is 0 Å². The summed E-state index contributed by atoms with van der Waals surface area (Å²) in [5.74, 6) is 0.762. The van der Waals surface area contributed by atoms with Crippen LogP contribution in [-0.4, -0.2) is 26.7 Å². The van der Waals surface area contributed by atoms with Gasteiger partial charge in [-0.15, -0.1) is 5.10 Å². The highest BCUT2D eigenvalue weighted by Crippen LogP contribution is 2.19. The molecule has 0 radical (unpaired) electrons. The first kappa shape index (κ1) is 10.2. The van der Waals surface area contributed by atoms with E-state index in [1.165, 1.54) is 11.6 Å². The third kappa shape index (κ3) is 1.74. The van der Waals surface area contributed by atoms with E-state index >= 15 is 0 Å². The Morgan fingerprint density at radius 2 is 2.13 bits per heavy atom. The topological polar surface area (TPSA) is 52.3 Å². The quantitative estimate of drug-likeness (QED) is 0.734. The Morgan fingerprint density at radius 1 is 1.40 bits per heavy atom. The summed E-state index contributed by atoms with van der Waals surface area (Å²) in [7, 11) is 1.51. The fourth-order valence-corrected chi connectivity index (χ4v) is 1.44. The highest BCUT2D eigenvalue weighted by Gasteiger charge is 2.11. The van der Waals surface area contributed by atoms with Crippen LogP contribution in [0.3, 0.4) is 0 Å². The van der Waals surface area contributed by atoms with Crippen molar-refractivity contribution < 1.29 is 4.74 Å². The minimum absolute atomic E-state index is 0.269. The number of rotatable bonds is 2. The van der Waals surface area contributed by atoms with E-state index < -0.39 is 0 Å². The minimum atomic E-state index is 0.269. The Kier molecular flexibility index (Phi) is 2.48. The Bertz CT molecular complexity index is 494. The van der Waals surface area contributed by atoms with Gasteiger partial charge in [0.2, 0.25) is 0 Å². The molecular formula is C9H11ClN4O. The summed E-state index contributed by atoms with van der Waals surface area (Å²) in [5.41, 5.74) is 0.891. The van der Waals surface area contributed by atoms with Crippen LogP contribution in [0.1, 0.15) is 25.5 Å². The molecule has 2 heterocycles. The first-order valence-corrected chi connectivity index (χ1v) is 4.97. The highest BCUT2D eigenvalue weighted by molar-refractivity contribution is 6.29. The molecule has 0 aliphatic heterocycles. The van der Waals surface area contributed by atoms with Crippen LogP contribution < -0.4 is 4.74 Å². The van der Waals surface area contributed by atoms with Gasteiger partial charge in [-0.3, -0.25) is 0 Å². The number of hydrogen-bond donors (Lipinski definition) is 0. The number of hydrogen-bond acceptors (Lipinski definition) is 4. The molecule has 0 bridgehead atoms. The molecular weight excluding hydrogens is 216 g/mol. The van der Waals surface area contributed by atoms with E-state index in [0.29, 0.717) is 16.8 Å². The van der Waals surface area contributed by atoms with Crippen molar-refractivity contribution in [1.82, 2.24) is 19.6 Å². The van der Waals surface area contributed by atoms with Gasteiger partial charge in [-0.1, -0.05) is 25.4 Å². The second-order valence-corrected chi connectivity index (χ2v) is 3.86. The molecule has 0 saturated carbocycles. The van der Waals surface area contributed by atoms with Crippen LogP contribution in [0.15, 0.2) is 6.07 Å². The first-order chi connectivity index (χ1) is 7.11.